The van der Waals surface area contributed by atoms with Crippen LogP contribution in [0, 0.1) is 0 Å². The van der Waals surface area contributed by atoms with Crippen molar-refractivity contribution in [3.8, 4) is 5.75 Å². The summed E-state index contributed by atoms with van der Waals surface area (Å²) in [6.07, 6.45) is 1.39. The number of nitrogens with zero attached hydrogens (tertiary/aromatic N) is 1. The summed E-state index contributed by atoms with van der Waals surface area (Å²) in [6, 6.07) is 25.6. The zero-order valence-corrected chi connectivity index (χ0v) is 25.6. The van der Waals surface area contributed by atoms with Crippen molar-refractivity contribution in [2.75, 3.05) is 5.32 Å². The van der Waals surface area contributed by atoms with Crippen molar-refractivity contribution < 1.29 is 19.1 Å². The van der Waals surface area contributed by atoms with Gasteiger partial charge in [-0.05, 0) is 72.8 Å². The SMILES string of the molecule is O=C(N/N=C\c1ccccc1OC(=O)c1ccc(Br)cc1)c1ccc(NC(=O)c2sc3cc(Br)ccc3c2Cl)cc1. The summed E-state index contributed by atoms with van der Waals surface area (Å²) in [5.74, 6) is -1.02. The summed E-state index contributed by atoms with van der Waals surface area (Å²) in [5.41, 5.74) is 4.20. The number of hydrazone groups is 1. The zero-order valence-electron chi connectivity index (χ0n) is 20.9. The molecule has 0 saturated heterocycles. The molecule has 0 aliphatic carbocycles. The molecule has 11 heteroatoms. The molecule has 5 rings (SSSR count). The maximum atomic E-state index is 12.8. The van der Waals surface area contributed by atoms with Crippen LogP contribution < -0.4 is 15.5 Å². The number of hydrogen-bond donors (Lipinski definition) is 2. The molecule has 7 nitrogen and oxygen atoms in total. The molecule has 0 unspecified atom stereocenters. The summed E-state index contributed by atoms with van der Waals surface area (Å²) < 4.78 is 8.16. The van der Waals surface area contributed by atoms with Gasteiger partial charge in [0.2, 0.25) is 0 Å². The summed E-state index contributed by atoms with van der Waals surface area (Å²) in [7, 11) is 0. The largest absolute Gasteiger partial charge is 0.422 e. The third-order valence-corrected chi connectivity index (χ3v) is 8.45. The van der Waals surface area contributed by atoms with Gasteiger partial charge in [0, 0.05) is 35.8 Å². The molecule has 1 heterocycles. The monoisotopic (exact) mass is 709 g/mol. The first-order chi connectivity index (χ1) is 19.8. The van der Waals surface area contributed by atoms with E-state index in [-0.39, 0.29) is 5.91 Å². The van der Waals surface area contributed by atoms with Crippen LogP contribution in [0.4, 0.5) is 5.69 Å². The molecule has 2 amide bonds. The standard InChI is InChI=1S/C30H18Br2ClN3O4S/c31-20-9-5-18(6-10-20)30(39)40-24-4-2-1-3-19(24)16-34-36-28(37)17-7-12-22(13-8-17)35-29(38)27-26(33)23-14-11-21(32)15-25(23)41-27/h1-16H,(H,35,38)(H,36,37)/b34-16-. The number of carbonyl (C=O) groups excluding carboxylic acids is 3. The van der Waals surface area contributed by atoms with E-state index in [1.807, 2.05) is 18.2 Å². The second kappa shape index (κ2) is 12.8. The number of thiophene rings is 1. The van der Waals surface area contributed by atoms with Crippen LogP contribution in [0.15, 0.2) is 105 Å². The summed E-state index contributed by atoms with van der Waals surface area (Å²) >= 11 is 14.5. The van der Waals surface area contributed by atoms with Crippen molar-refractivity contribution in [3.63, 3.8) is 0 Å². The summed E-state index contributed by atoms with van der Waals surface area (Å²) in [5, 5.41) is 8.03. The number of ether oxygens (including phenoxy) is 1. The van der Waals surface area contributed by atoms with E-state index >= 15 is 0 Å². The number of fused-ring (bicyclic) bond motifs is 1. The molecule has 4 aromatic carbocycles. The number of para-hydroxylation sites is 1. The number of esters is 1. The highest BCUT2D eigenvalue weighted by Gasteiger charge is 2.18. The van der Waals surface area contributed by atoms with E-state index in [2.05, 4.69) is 47.7 Å². The molecule has 41 heavy (non-hydrogen) atoms. The average Bonchev–Trinajstić information content (AvgIpc) is 3.29. The number of hydrogen-bond acceptors (Lipinski definition) is 6. The molecule has 5 aromatic rings. The number of amides is 2. The van der Waals surface area contributed by atoms with E-state index < -0.39 is 11.9 Å². The van der Waals surface area contributed by atoms with Gasteiger partial charge in [0.15, 0.2) is 0 Å². The highest BCUT2D eigenvalue weighted by molar-refractivity contribution is 9.10. The maximum absolute atomic E-state index is 12.8. The first-order valence-corrected chi connectivity index (χ1v) is 14.8. The number of carbonyl (C=O) groups is 3. The van der Waals surface area contributed by atoms with Crippen molar-refractivity contribution in [2.45, 2.75) is 0 Å². The molecule has 1 aromatic heterocycles. The second-order valence-electron chi connectivity index (χ2n) is 8.55. The quantitative estimate of drug-likeness (QED) is 0.0769. The van der Waals surface area contributed by atoms with E-state index in [4.69, 9.17) is 16.3 Å². The molecular formula is C30H18Br2ClN3O4S. The van der Waals surface area contributed by atoms with Gasteiger partial charge in [0.25, 0.3) is 11.8 Å². The summed E-state index contributed by atoms with van der Waals surface area (Å²) in [4.78, 5) is 38.4. The minimum absolute atomic E-state index is 0.296. The van der Waals surface area contributed by atoms with Crippen molar-refractivity contribution in [3.05, 3.63) is 127 Å². The molecule has 0 aliphatic heterocycles. The number of anilines is 1. The highest BCUT2D eigenvalue weighted by Crippen LogP contribution is 2.37. The van der Waals surface area contributed by atoms with E-state index in [0.717, 1.165) is 19.0 Å². The fourth-order valence-electron chi connectivity index (χ4n) is 3.73. The zero-order chi connectivity index (χ0) is 28.9. The fraction of sp³-hybridized carbons (Fsp3) is 0. The lowest BCUT2D eigenvalue weighted by Crippen LogP contribution is -2.18. The van der Waals surface area contributed by atoms with Gasteiger partial charge in [0.1, 0.15) is 10.6 Å². The normalized spacial score (nSPS) is 11.0. The van der Waals surface area contributed by atoms with Crippen molar-refractivity contribution in [1.29, 1.82) is 0 Å². The Morgan fingerprint density at radius 2 is 1.51 bits per heavy atom. The summed E-state index contributed by atoms with van der Waals surface area (Å²) in [6.45, 7) is 0. The van der Waals surface area contributed by atoms with Gasteiger partial charge in [0.05, 0.1) is 16.8 Å². The fourth-order valence-corrected chi connectivity index (χ4v) is 5.96. The number of halogens is 3. The van der Waals surface area contributed by atoms with Gasteiger partial charge in [-0.3, -0.25) is 9.59 Å². The van der Waals surface area contributed by atoms with E-state index in [1.165, 1.54) is 17.6 Å². The second-order valence-corrected chi connectivity index (χ2v) is 11.8. The molecular weight excluding hydrogens is 694 g/mol. The Kier molecular flexibility index (Phi) is 8.94. The minimum Gasteiger partial charge on any atom is -0.422 e. The van der Waals surface area contributed by atoms with E-state index in [9.17, 15) is 14.4 Å². The van der Waals surface area contributed by atoms with Crippen LogP contribution in [0.5, 0.6) is 5.75 Å². The predicted octanol–water partition coefficient (Wildman–Crippen LogP) is 8.32. The molecule has 204 valence electrons. The van der Waals surface area contributed by atoms with Crippen LogP contribution in [-0.2, 0) is 0 Å². The Labute approximate surface area is 260 Å². The maximum Gasteiger partial charge on any atom is 0.343 e. The lowest BCUT2D eigenvalue weighted by atomic mass is 10.2. The minimum atomic E-state index is -0.516. The van der Waals surface area contributed by atoms with Gasteiger partial charge in [-0.1, -0.05) is 61.7 Å². The predicted molar refractivity (Wildman–Crippen MR) is 170 cm³/mol. The first kappa shape index (κ1) is 28.7. The van der Waals surface area contributed by atoms with Crippen LogP contribution in [-0.4, -0.2) is 24.0 Å². The molecule has 0 saturated carbocycles. The van der Waals surface area contributed by atoms with Crippen LogP contribution in [0.3, 0.4) is 0 Å². The molecule has 0 atom stereocenters. The average molecular weight is 712 g/mol. The Hall–Kier alpha value is -3.83. The Bertz CT molecular complexity index is 1810. The lowest BCUT2D eigenvalue weighted by Gasteiger charge is -2.07. The van der Waals surface area contributed by atoms with Gasteiger partial charge >= 0.3 is 5.97 Å². The number of nitrogens with one attached hydrogen (secondary N) is 2. The molecule has 0 bridgehead atoms. The van der Waals surface area contributed by atoms with Crippen LogP contribution in [0.2, 0.25) is 5.02 Å². The molecule has 0 spiro atoms. The molecule has 2 N–H and O–H groups in total. The van der Waals surface area contributed by atoms with Crippen molar-refractivity contribution >= 4 is 94.6 Å². The topological polar surface area (TPSA) is 96.9 Å². The third-order valence-electron chi connectivity index (χ3n) is 5.77. The van der Waals surface area contributed by atoms with E-state index in [1.54, 1.807) is 72.8 Å². The van der Waals surface area contributed by atoms with Crippen LogP contribution in [0.1, 0.15) is 36.0 Å². The number of benzene rings is 4. The van der Waals surface area contributed by atoms with Gasteiger partial charge < -0.3 is 10.1 Å². The first-order valence-electron chi connectivity index (χ1n) is 12.0. The van der Waals surface area contributed by atoms with Crippen molar-refractivity contribution in [1.82, 2.24) is 5.43 Å². The van der Waals surface area contributed by atoms with Gasteiger partial charge in [-0.15, -0.1) is 11.3 Å². The van der Waals surface area contributed by atoms with E-state index in [0.29, 0.717) is 38.0 Å². The van der Waals surface area contributed by atoms with Crippen molar-refractivity contribution in [2.24, 2.45) is 5.10 Å². The molecule has 0 aliphatic rings. The Morgan fingerprint density at radius 1 is 0.829 bits per heavy atom. The molecule has 0 fully saturated rings. The third kappa shape index (κ3) is 6.91. The van der Waals surface area contributed by atoms with Crippen LogP contribution >= 0.6 is 54.8 Å². The molecule has 0 radical (unpaired) electrons. The Balaban J connectivity index is 1.20. The highest BCUT2D eigenvalue weighted by atomic mass is 79.9. The van der Waals surface area contributed by atoms with Gasteiger partial charge in [-0.2, -0.15) is 5.10 Å². The van der Waals surface area contributed by atoms with Crippen LogP contribution in [0.25, 0.3) is 10.1 Å². The lowest BCUT2D eigenvalue weighted by molar-refractivity contribution is 0.0734. The smallest absolute Gasteiger partial charge is 0.343 e. The number of rotatable bonds is 7. The Morgan fingerprint density at radius 3 is 2.27 bits per heavy atom. The van der Waals surface area contributed by atoms with Gasteiger partial charge in [-0.25, -0.2) is 10.2 Å².